The van der Waals surface area contributed by atoms with Crippen LogP contribution in [0.1, 0.15) is 44.6 Å². The highest BCUT2D eigenvalue weighted by atomic mass is 16.5. The molecule has 4 N–H and O–H groups in total. The van der Waals surface area contributed by atoms with Crippen LogP contribution in [0.15, 0.2) is 126 Å². The zero-order valence-electron chi connectivity index (χ0n) is 28.2. The van der Waals surface area contributed by atoms with Gasteiger partial charge in [-0.1, -0.05) is 73.5 Å². The van der Waals surface area contributed by atoms with Crippen molar-refractivity contribution in [1.29, 1.82) is 0 Å². The molecule has 8 heteroatoms. The maximum atomic E-state index is 14.1. The van der Waals surface area contributed by atoms with E-state index in [9.17, 15) is 24.9 Å². The van der Waals surface area contributed by atoms with Crippen LogP contribution in [0.25, 0.3) is 6.08 Å². The number of imide groups is 1. The van der Waals surface area contributed by atoms with Gasteiger partial charge in [0.25, 0.3) is 0 Å². The Labute approximate surface area is 293 Å². The molecule has 2 amide bonds. The topological polar surface area (TPSA) is 119 Å². The van der Waals surface area contributed by atoms with Gasteiger partial charge in [0.2, 0.25) is 11.8 Å². The van der Waals surface area contributed by atoms with Gasteiger partial charge in [-0.25, -0.2) is 0 Å². The van der Waals surface area contributed by atoms with Gasteiger partial charge < -0.3 is 25.4 Å². The number of anilines is 3. The van der Waals surface area contributed by atoms with E-state index in [0.717, 1.165) is 40.9 Å². The van der Waals surface area contributed by atoms with Crippen molar-refractivity contribution in [3.05, 3.63) is 131 Å². The van der Waals surface area contributed by atoms with E-state index in [2.05, 4.69) is 12.2 Å². The molecule has 1 aliphatic heterocycles. The second-order valence-corrected chi connectivity index (χ2v) is 13.0. The predicted octanol–water partition coefficient (Wildman–Crippen LogP) is 7.65. The molecule has 258 valence electrons. The molecular weight excluding hydrogens is 628 g/mol. The van der Waals surface area contributed by atoms with Gasteiger partial charge in [-0.2, -0.15) is 0 Å². The molecule has 50 heavy (non-hydrogen) atoms. The lowest BCUT2D eigenvalue weighted by molar-refractivity contribution is -0.123. The number of aliphatic hydroxyl groups excluding tert-OH is 2. The molecule has 4 atom stereocenters. The van der Waals surface area contributed by atoms with E-state index >= 15 is 0 Å². The summed E-state index contributed by atoms with van der Waals surface area (Å²) >= 11 is 0. The molecule has 4 aromatic rings. The van der Waals surface area contributed by atoms with Gasteiger partial charge >= 0.3 is 0 Å². The van der Waals surface area contributed by atoms with Gasteiger partial charge in [0.05, 0.1) is 30.2 Å². The van der Waals surface area contributed by atoms with Crippen molar-refractivity contribution < 1.29 is 29.6 Å². The van der Waals surface area contributed by atoms with Gasteiger partial charge in [-0.05, 0) is 103 Å². The number of carbonyl (C=O) groups excluding carboxylic acids is 2. The molecule has 0 radical (unpaired) electrons. The molecule has 0 aromatic heterocycles. The van der Waals surface area contributed by atoms with Crippen LogP contribution in [0.2, 0.25) is 0 Å². The number of phenols is 1. The molecule has 1 heterocycles. The number of benzene rings is 4. The summed E-state index contributed by atoms with van der Waals surface area (Å²) in [6.45, 7) is 1.83. The van der Waals surface area contributed by atoms with E-state index in [1.54, 1.807) is 30.3 Å². The number of hydrogen-bond acceptors (Lipinski definition) is 7. The highest BCUT2D eigenvalue weighted by Gasteiger charge is 2.55. The molecule has 4 aromatic carbocycles. The molecule has 1 fully saturated rings. The number of hydrogen-bond donors (Lipinski definition) is 4. The van der Waals surface area contributed by atoms with Crippen LogP contribution in [0.4, 0.5) is 17.1 Å². The number of fused-ring (bicyclic) bond motifs is 1. The van der Waals surface area contributed by atoms with E-state index in [1.165, 1.54) is 4.90 Å². The fourth-order valence-corrected chi connectivity index (χ4v) is 7.33. The number of allylic oxidation sites excluding steroid dienone is 1. The molecule has 0 bridgehead atoms. The Bertz CT molecular complexity index is 1840. The Balaban J connectivity index is 1.26. The maximum Gasteiger partial charge on any atom is 0.238 e. The quantitative estimate of drug-likeness (QED) is 0.0803. The van der Waals surface area contributed by atoms with Gasteiger partial charge in [0, 0.05) is 17.3 Å². The Hall–Kier alpha value is -5.18. The molecule has 6 rings (SSSR count). The van der Waals surface area contributed by atoms with Crippen LogP contribution < -0.4 is 15.0 Å². The minimum atomic E-state index is -0.966. The zero-order chi connectivity index (χ0) is 35.0. The molecule has 1 aliphatic carbocycles. The average Bonchev–Trinajstić information content (AvgIpc) is 3.38. The highest BCUT2D eigenvalue weighted by molar-refractivity contribution is 6.22. The number of aliphatic hydroxyl groups is 2. The van der Waals surface area contributed by atoms with Crippen molar-refractivity contribution >= 4 is 35.0 Å². The van der Waals surface area contributed by atoms with E-state index in [-0.39, 0.29) is 30.6 Å². The first-order valence-electron chi connectivity index (χ1n) is 17.3. The van der Waals surface area contributed by atoms with Crippen LogP contribution >= 0.6 is 0 Å². The van der Waals surface area contributed by atoms with Crippen LogP contribution in [0, 0.1) is 17.8 Å². The van der Waals surface area contributed by atoms with Crippen molar-refractivity contribution in [2.24, 2.45) is 17.8 Å². The van der Waals surface area contributed by atoms with Gasteiger partial charge in [0.15, 0.2) is 0 Å². The third kappa shape index (κ3) is 7.83. The molecule has 0 saturated carbocycles. The van der Waals surface area contributed by atoms with E-state index < -0.39 is 30.5 Å². The first-order valence-corrected chi connectivity index (χ1v) is 17.3. The van der Waals surface area contributed by atoms with Crippen LogP contribution in [-0.4, -0.2) is 46.5 Å². The number of ether oxygens (including phenoxy) is 1. The maximum absolute atomic E-state index is 14.1. The lowest BCUT2D eigenvalue weighted by Crippen LogP contribution is -2.40. The average molecular weight is 673 g/mol. The monoisotopic (exact) mass is 672 g/mol. The van der Waals surface area contributed by atoms with Crippen molar-refractivity contribution in [3.8, 4) is 11.5 Å². The number of carbonyl (C=O) groups is 2. The number of amides is 2. The van der Waals surface area contributed by atoms with Crippen LogP contribution in [0.3, 0.4) is 0 Å². The zero-order valence-corrected chi connectivity index (χ0v) is 28.2. The van der Waals surface area contributed by atoms with Crippen LogP contribution in [0.5, 0.6) is 11.5 Å². The lowest BCUT2D eigenvalue weighted by Gasteiger charge is -2.36. The number of nitrogens with one attached hydrogen (secondary N) is 1. The van der Waals surface area contributed by atoms with Crippen molar-refractivity contribution in [1.82, 2.24) is 0 Å². The smallest absolute Gasteiger partial charge is 0.238 e. The summed E-state index contributed by atoms with van der Waals surface area (Å²) < 4.78 is 6.15. The van der Waals surface area contributed by atoms with Crippen molar-refractivity contribution in [3.63, 3.8) is 0 Å². The van der Waals surface area contributed by atoms with E-state index in [1.807, 2.05) is 84.9 Å². The Morgan fingerprint density at radius 3 is 2.28 bits per heavy atom. The molecular formula is C42H44N2O6. The van der Waals surface area contributed by atoms with Gasteiger partial charge in [0.1, 0.15) is 18.1 Å². The Morgan fingerprint density at radius 1 is 0.900 bits per heavy atom. The Kier molecular flexibility index (Phi) is 11.1. The second kappa shape index (κ2) is 16.0. The van der Waals surface area contributed by atoms with E-state index in [0.29, 0.717) is 29.9 Å². The normalized spacial score (nSPS) is 19.8. The molecule has 1 saturated heterocycles. The summed E-state index contributed by atoms with van der Waals surface area (Å²) in [5, 5.41) is 36.0. The van der Waals surface area contributed by atoms with Gasteiger partial charge in [-0.3, -0.25) is 14.5 Å². The molecule has 0 spiro atoms. The number of para-hydroxylation sites is 2. The third-order valence-corrected chi connectivity index (χ3v) is 9.64. The Morgan fingerprint density at radius 2 is 1.60 bits per heavy atom. The minimum Gasteiger partial charge on any atom is -0.508 e. The molecule has 0 unspecified atom stereocenters. The standard InChI is InChI=1S/C42H44N2O6/c1-2-10-28(23-29-11-9-14-34(46)24-29)17-22-38(47)39-30(27-50-35-15-7-4-8-16-35)25-36-40(37(39)26-45)42(49)44(41(36)48)33-20-18-32(19-21-33)43-31-12-5-3-6-13-31/h3-9,11-16,18-21,23-24,36-38,40,43,45-47H,2,10,17,22,25-27H2,1H3/b28-23+/t36-,37+,38-,40-/m1/s1. The number of phenolic OH excluding ortho intramolecular Hbond substituents is 1. The van der Waals surface area contributed by atoms with Gasteiger partial charge in [-0.15, -0.1) is 0 Å². The largest absolute Gasteiger partial charge is 0.508 e. The number of nitrogens with zero attached hydrogens (tertiary/aromatic N) is 1. The fraction of sp³-hybridized carbons (Fsp3) is 0.286. The molecule has 8 nitrogen and oxygen atoms in total. The number of rotatable bonds is 14. The lowest BCUT2D eigenvalue weighted by atomic mass is 9.68. The third-order valence-electron chi connectivity index (χ3n) is 9.64. The summed E-state index contributed by atoms with van der Waals surface area (Å²) in [6, 6.07) is 33.3. The second-order valence-electron chi connectivity index (χ2n) is 13.0. The first-order chi connectivity index (χ1) is 24.4. The summed E-state index contributed by atoms with van der Waals surface area (Å²) in [7, 11) is 0. The van der Waals surface area contributed by atoms with Crippen molar-refractivity contribution in [2.45, 2.75) is 45.1 Å². The van der Waals surface area contributed by atoms with Crippen LogP contribution in [-0.2, 0) is 9.59 Å². The highest BCUT2D eigenvalue weighted by Crippen LogP contribution is 2.47. The first kappa shape index (κ1) is 34.7. The summed E-state index contributed by atoms with van der Waals surface area (Å²) in [6.07, 6.45) is 4.00. The number of aromatic hydroxyl groups is 1. The molecule has 2 aliphatic rings. The van der Waals surface area contributed by atoms with Crippen molar-refractivity contribution in [2.75, 3.05) is 23.4 Å². The predicted molar refractivity (Wildman–Crippen MR) is 196 cm³/mol. The fourth-order valence-electron chi connectivity index (χ4n) is 7.33. The SMILES string of the molecule is CCC/C(=C\c1cccc(O)c1)CC[C@@H](O)C1=C(COc2ccccc2)C[C@H]2C(=O)N(c3ccc(Nc4ccccc4)cc3)C(=O)[C@H]2[C@H]1CO. The van der Waals surface area contributed by atoms with E-state index in [4.69, 9.17) is 4.74 Å². The minimum absolute atomic E-state index is 0.123. The summed E-state index contributed by atoms with van der Waals surface area (Å²) in [5.74, 6) is -2.09. The summed E-state index contributed by atoms with van der Waals surface area (Å²) in [4.78, 5) is 29.4. The summed E-state index contributed by atoms with van der Waals surface area (Å²) in [5.41, 5.74) is 5.53.